The minimum Gasteiger partial charge on any atom is -0.467 e. The highest BCUT2D eigenvalue weighted by Gasteiger charge is 2.16. The molecule has 0 bridgehead atoms. The fourth-order valence-corrected chi connectivity index (χ4v) is 4.24. The highest BCUT2D eigenvalue weighted by atomic mass is 32.1. The molecule has 0 radical (unpaired) electrons. The van der Waals surface area contributed by atoms with E-state index in [0.717, 1.165) is 24.4 Å². The van der Waals surface area contributed by atoms with E-state index in [1.54, 1.807) is 6.26 Å². The summed E-state index contributed by atoms with van der Waals surface area (Å²) < 4.78 is 5.62. The number of hydrogen-bond acceptors (Lipinski definition) is 2. The van der Waals surface area contributed by atoms with Gasteiger partial charge in [-0.15, -0.1) is 0 Å². The van der Waals surface area contributed by atoms with Gasteiger partial charge in [-0.1, -0.05) is 23.8 Å². The minimum absolute atomic E-state index is 0.629. The molecule has 0 fully saturated rings. The molecule has 160 valence electrons. The van der Waals surface area contributed by atoms with Crippen LogP contribution in [0.4, 0.5) is 5.69 Å². The summed E-state index contributed by atoms with van der Waals surface area (Å²) in [5.41, 5.74) is 8.45. The number of thiocarbonyl (C=S) groups is 1. The molecule has 0 amide bonds. The van der Waals surface area contributed by atoms with Crippen molar-refractivity contribution in [3.63, 3.8) is 0 Å². The van der Waals surface area contributed by atoms with Crippen LogP contribution in [0, 0.1) is 27.7 Å². The zero-order valence-electron chi connectivity index (χ0n) is 18.6. The second-order valence-corrected chi connectivity index (χ2v) is 8.66. The van der Waals surface area contributed by atoms with Crippen LogP contribution in [0.3, 0.4) is 0 Å². The second kappa shape index (κ2) is 8.98. The van der Waals surface area contributed by atoms with E-state index in [0.29, 0.717) is 11.7 Å². The Kier molecular flexibility index (Phi) is 6.14. The Labute approximate surface area is 189 Å². The van der Waals surface area contributed by atoms with Gasteiger partial charge in [0.2, 0.25) is 0 Å². The molecule has 0 saturated carbocycles. The van der Waals surface area contributed by atoms with Gasteiger partial charge in [0.1, 0.15) is 5.76 Å². The zero-order chi connectivity index (χ0) is 22.0. The lowest BCUT2D eigenvalue weighted by Gasteiger charge is -2.26. The molecule has 2 N–H and O–H groups in total. The Bertz CT molecular complexity index is 1210. The Morgan fingerprint density at radius 3 is 2.58 bits per heavy atom. The predicted octanol–water partition coefficient (Wildman–Crippen LogP) is 6.44. The quantitative estimate of drug-likeness (QED) is 0.345. The van der Waals surface area contributed by atoms with E-state index in [2.05, 4.69) is 79.3 Å². The molecule has 4 aromatic rings. The third kappa shape index (κ3) is 4.83. The average Bonchev–Trinajstić information content (AvgIpc) is 3.35. The number of H-pyrrole nitrogens is 1. The molecule has 2 aromatic carbocycles. The van der Waals surface area contributed by atoms with Gasteiger partial charge >= 0.3 is 0 Å². The molecule has 4 nitrogen and oxygen atoms in total. The number of aromatic amines is 1. The Morgan fingerprint density at radius 2 is 1.81 bits per heavy atom. The molecule has 31 heavy (non-hydrogen) atoms. The van der Waals surface area contributed by atoms with Gasteiger partial charge in [-0.2, -0.15) is 0 Å². The third-order valence-electron chi connectivity index (χ3n) is 5.76. The summed E-state index contributed by atoms with van der Waals surface area (Å²) in [6.07, 6.45) is 2.60. The topological polar surface area (TPSA) is 44.2 Å². The van der Waals surface area contributed by atoms with Gasteiger partial charge in [-0.25, -0.2) is 0 Å². The number of benzene rings is 2. The molecule has 0 unspecified atom stereocenters. The first kappa shape index (κ1) is 21.2. The first-order valence-corrected chi connectivity index (χ1v) is 11.0. The molecular formula is C26H29N3OS. The fourth-order valence-electron chi connectivity index (χ4n) is 3.97. The van der Waals surface area contributed by atoms with Crippen molar-refractivity contribution in [3.8, 4) is 0 Å². The van der Waals surface area contributed by atoms with Gasteiger partial charge in [0.25, 0.3) is 0 Å². The van der Waals surface area contributed by atoms with E-state index < -0.39 is 0 Å². The third-order valence-corrected chi connectivity index (χ3v) is 6.12. The van der Waals surface area contributed by atoms with Crippen LogP contribution in [0.25, 0.3) is 10.9 Å². The molecule has 2 heterocycles. The molecule has 0 atom stereocenters. The second-order valence-electron chi connectivity index (χ2n) is 8.28. The summed E-state index contributed by atoms with van der Waals surface area (Å²) in [5, 5.41) is 5.46. The normalized spacial score (nSPS) is 11.1. The summed E-state index contributed by atoms with van der Waals surface area (Å²) in [5.74, 6) is 0.900. The van der Waals surface area contributed by atoms with Gasteiger partial charge < -0.3 is 19.6 Å². The van der Waals surface area contributed by atoms with Gasteiger partial charge in [-0.05, 0) is 93.4 Å². The summed E-state index contributed by atoms with van der Waals surface area (Å²) >= 11 is 5.84. The fraction of sp³-hybridized carbons (Fsp3) is 0.269. The predicted molar refractivity (Wildman–Crippen MR) is 133 cm³/mol. The van der Waals surface area contributed by atoms with E-state index >= 15 is 0 Å². The number of aryl methyl sites for hydroxylation is 4. The summed E-state index contributed by atoms with van der Waals surface area (Å²) in [6.45, 7) is 9.89. The van der Waals surface area contributed by atoms with Crippen LogP contribution < -0.4 is 5.32 Å². The molecule has 5 heteroatoms. The molecule has 0 saturated heterocycles. The van der Waals surface area contributed by atoms with Crippen LogP contribution in [-0.4, -0.2) is 21.5 Å². The van der Waals surface area contributed by atoms with Gasteiger partial charge in [0.15, 0.2) is 5.11 Å². The van der Waals surface area contributed by atoms with Crippen LogP contribution in [-0.2, 0) is 13.0 Å². The van der Waals surface area contributed by atoms with Crippen molar-refractivity contribution in [2.24, 2.45) is 0 Å². The number of rotatable bonds is 6. The van der Waals surface area contributed by atoms with Crippen molar-refractivity contribution < 1.29 is 4.42 Å². The Morgan fingerprint density at radius 1 is 1.03 bits per heavy atom. The maximum atomic E-state index is 5.84. The Hall–Kier alpha value is -3.05. The van der Waals surface area contributed by atoms with Crippen molar-refractivity contribution in [2.45, 2.75) is 40.7 Å². The van der Waals surface area contributed by atoms with Crippen molar-refractivity contribution in [1.82, 2.24) is 9.88 Å². The molecule has 0 aliphatic rings. The van der Waals surface area contributed by atoms with Crippen LogP contribution in [0.15, 0.2) is 59.2 Å². The highest BCUT2D eigenvalue weighted by Crippen LogP contribution is 2.25. The SMILES string of the molecule is Cc1ccc(C)c(NC(=S)N(CCc2c(C)[nH]c3ccc(C)cc23)Cc2ccco2)c1. The molecule has 0 aliphatic heterocycles. The standard InChI is InChI=1S/C26H29N3OS/c1-17-8-10-24-23(14-17)22(20(4)27-24)11-12-29(16-21-6-5-13-30-21)26(31)28-25-15-18(2)7-9-19(25)3/h5-10,13-15,27H,11-12,16H2,1-4H3,(H,28,31). The molecular weight excluding hydrogens is 402 g/mol. The number of furan rings is 1. The lowest BCUT2D eigenvalue weighted by Crippen LogP contribution is -2.36. The van der Waals surface area contributed by atoms with Crippen LogP contribution in [0.2, 0.25) is 0 Å². The van der Waals surface area contributed by atoms with Gasteiger partial charge in [-0.3, -0.25) is 0 Å². The van der Waals surface area contributed by atoms with E-state index in [4.69, 9.17) is 16.6 Å². The zero-order valence-corrected chi connectivity index (χ0v) is 19.4. The number of anilines is 1. The van der Waals surface area contributed by atoms with Crippen LogP contribution in [0.1, 0.15) is 33.7 Å². The number of nitrogens with zero attached hydrogens (tertiary/aromatic N) is 1. The number of aromatic nitrogens is 1. The van der Waals surface area contributed by atoms with Gasteiger partial charge in [0.05, 0.1) is 12.8 Å². The number of nitrogens with one attached hydrogen (secondary N) is 2. The first-order chi connectivity index (χ1) is 14.9. The van der Waals surface area contributed by atoms with Crippen LogP contribution in [0.5, 0.6) is 0 Å². The maximum absolute atomic E-state index is 5.84. The molecule has 2 aromatic heterocycles. The largest absolute Gasteiger partial charge is 0.467 e. The van der Waals surface area contributed by atoms with E-state index in [-0.39, 0.29) is 0 Å². The minimum atomic E-state index is 0.629. The summed E-state index contributed by atoms with van der Waals surface area (Å²) in [7, 11) is 0. The lowest BCUT2D eigenvalue weighted by molar-refractivity contribution is 0.368. The van der Waals surface area contributed by atoms with E-state index in [1.165, 1.54) is 38.9 Å². The molecule has 0 aliphatic carbocycles. The highest BCUT2D eigenvalue weighted by molar-refractivity contribution is 7.80. The van der Waals surface area contributed by atoms with Crippen LogP contribution >= 0.6 is 12.2 Å². The molecule has 0 spiro atoms. The lowest BCUT2D eigenvalue weighted by atomic mass is 10.1. The summed E-state index contributed by atoms with van der Waals surface area (Å²) in [6, 6.07) is 16.9. The number of hydrogen-bond donors (Lipinski definition) is 2. The maximum Gasteiger partial charge on any atom is 0.173 e. The average molecular weight is 432 g/mol. The molecule has 4 rings (SSSR count). The van der Waals surface area contributed by atoms with Crippen molar-refractivity contribution >= 4 is 33.9 Å². The first-order valence-electron chi connectivity index (χ1n) is 10.6. The van der Waals surface area contributed by atoms with Gasteiger partial charge in [0, 0.05) is 28.8 Å². The van der Waals surface area contributed by atoms with E-state index in [9.17, 15) is 0 Å². The van der Waals surface area contributed by atoms with Crippen molar-refractivity contribution in [1.29, 1.82) is 0 Å². The smallest absolute Gasteiger partial charge is 0.173 e. The van der Waals surface area contributed by atoms with E-state index in [1.807, 2.05) is 12.1 Å². The Balaban J connectivity index is 1.57. The van der Waals surface area contributed by atoms with Crippen molar-refractivity contribution in [2.75, 3.05) is 11.9 Å². The van der Waals surface area contributed by atoms with Crippen molar-refractivity contribution in [3.05, 3.63) is 88.5 Å². The number of fused-ring (bicyclic) bond motifs is 1. The summed E-state index contributed by atoms with van der Waals surface area (Å²) in [4.78, 5) is 5.71. The monoisotopic (exact) mass is 431 g/mol.